The summed E-state index contributed by atoms with van der Waals surface area (Å²) in [5.41, 5.74) is 0.0133. The fourth-order valence-corrected chi connectivity index (χ4v) is 2.24. The van der Waals surface area contributed by atoms with Crippen molar-refractivity contribution in [2.45, 2.75) is 50.4 Å². The highest BCUT2D eigenvalue weighted by atomic mass is 16.3. The lowest BCUT2D eigenvalue weighted by Crippen LogP contribution is -2.57. The molecule has 3 atom stereocenters. The van der Waals surface area contributed by atoms with Crippen molar-refractivity contribution < 1.29 is 10.2 Å². The van der Waals surface area contributed by atoms with Crippen molar-refractivity contribution >= 4 is 0 Å². The monoisotopic (exact) mass is 209 g/mol. The number of rotatable bonds is 1. The molecule has 3 N–H and O–H groups in total. The maximum Gasteiger partial charge on any atom is 0.0966 e. The van der Waals surface area contributed by atoms with E-state index in [0.29, 0.717) is 6.54 Å². The molecule has 1 saturated carbocycles. The van der Waals surface area contributed by atoms with Crippen molar-refractivity contribution in [3.8, 4) is 11.8 Å². The zero-order valence-electron chi connectivity index (χ0n) is 9.16. The molecule has 0 aromatic rings. The van der Waals surface area contributed by atoms with E-state index in [1.807, 2.05) is 0 Å². The second kappa shape index (κ2) is 4.13. The van der Waals surface area contributed by atoms with Crippen LogP contribution in [0, 0.1) is 17.8 Å². The average Bonchev–Trinajstić information content (AvgIpc) is 2.99. The Balaban J connectivity index is 2.08. The van der Waals surface area contributed by atoms with Crippen molar-refractivity contribution in [3.05, 3.63) is 0 Å². The van der Waals surface area contributed by atoms with Gasteiger partial charge >= 0.3 is 0 Å². The van der Waals surface area contributed by atoms with Gasteiger partial charge in [-0.3, -0.25) is 0 Å². The first kappa shape index (κ1) is 10.9. The summed E-state index contributed by atoms with van der Waals surface area (Å²) in [5.74, 6) is 6.13. The van der Waals surface area contributed by atoms with Crippen molar-refractivity contribution in [1.82, 2.24) is 5.32 Å². The number of unbranched alkanes of at least 4 members (excludes halogenated alkanes) is 1. The summed E-state index contributed by atoms with van der Waals surface area (Å²) in [7, 11) is 0. The maximum atomic E-state index is 9.92. The Morgan fingerprint density at radius 2 is 2.13 bits per heavy atom. The van der Waals surface area contributed by atoms with Crippen molar-refractivity contribution in [2.24, 2.45) is 5.92 Å². The number of hydrogen-bond donors (Lipinski definition) is 3. The fourth-order valence-electron chi connectivity index (χ4n) is 2.24. The zero-order chi connectivity index (χ0) is 10.9. The molecule has 3 nitrogen and oxygen atoms in total. The predicted octanol–water partition coefficient (Wildman–Crippen LogP) is 0.264. The Bertz CT molecular complexity index is 288. The van der Waals surface area contributed by atoms with Crippen LogP contribution in [0.2, 0.25) is 0 Å². The third-order valence-corrected chi connectivity index (χ3v) is 3.42. The van der Waals surface area contributed by atoms with E-state index in [4.69, 9.17) is 0 Å². The lowest BCUT2D eigenvalue weighted by Gasteiger charge is -2.37. The molecule has 1 saturated heterocycles. The van der Waals surface area contributed by atoms with E-state index in [2.05, 4.69) is 24.1 Å². The number of aliphatic hydroxyl groups excluding tert-OH is 2. The van der Waals surface area contributed by atoms with E-state index in [-0.39, 0.29) is 11.5 Å². The predicted molar refractivity (Wildman–Crippen MR) is 58.2 cm³/mol. The lowest BCUT2D eigenvalue weighted by molar-refractivity contribution is -0.0393. The van der Waals surface area contributed by atoms with E-state index in [1.165, 1.54) is 0 Å². The molecule has 15 heavy (non-hydrogen) atoms. The largest absolute Gasteiger partial charge is 0.389 e. The van der Waals surface area contributed by atoms with Crippen LogP contribution in [0.25, 0.3) is 0 Å². The number of nitrogens with one attached hydrogen (secondary N) is 1. The summed E-state index contributed by atoms with van der Waals surface area (Å²) in [4.78, 5) is 0. The van der Waals surface area contributed by atoms with Gasteiger partial charge in [0.05, 0.1) is 18.1 Å². The van der Waals surface area contributed by atoms with Crippen LogP contribution in [0.5, 0.6) is 0 Å². The second-order valence-corrected chi connectivity index (χ2v) is 4.64. The highest BCUT2D eigenvalue weighted by Crippen LogP contribution is 2.46. The van der Waals surface area contributed by atoms with Gasteiger partial charge in [0, 0.05) is 18.5 Å². The minimum atomic E-state index is -0.682. The quantitative estimate of drug-likeness (QED) is 0.543. The average molecular weight is 209 g/mol. The third kappa shape index (κ3) is 2.03. The van der Waals surface area contributed by atoms with Gasteiger partial charge in [-0.05, 0) is 19.3 Å². The molecule has 1 aliphatic heterocycles. The van der Waals surface area contributed by atoms with Crippen LogP contribution in [-0.4, -0.2) is 34.5 Å². The van der Waals surface area contributed by atoms with Crippen LogP contribution in [0.1, 0.15) is 32.6 Å². The number of aliphatic hydroxyl groups is 2. The Hall–Kier alpha value is -0.560. The van der Waals surface area contributed by atoms with Gasteiger partial charge in [0.25, 0.3) is 0 Å². The Kier molecular flexibility index (Phi) is 3.01. The molecule has 1 spiro atoms. The molecule has 0 aromatic heterocycles. The Labute approximate surface area is 90.9 Å². The SMILES string of the molecule is CCCC#C[C@@H]1[C@@H](O)[C@H](O)CNC12CC2. The molecule has 1 aliphatic carbocycles. The topological polar surface area (TPSA) is 52.5 Å². The molecule has 2 fully saturated rings. The van der Waals surface area contributed by atoms with Gasteiger partial charge in [0.2, 0.25) is 0 Å². The maximum absolute atomic E-state index is 9.92. The summed E-state index contributed by atoms with van der Waals surface area (Å²) in [6.07, 6.45) is 2.70. The van der Waals surface area contributed by atoms with Crippen LogP contribution in [0.3, 0.4) is 0 Å². The van der Waals surface area contributed by atoms with E-state index < -0.39 is 12.2 Å². The molecule has 84 valence electrons. The number of hydrogen-bond acceptors (Lipinski definition) is 3. The highest BCUT2D eigenvalue weighted by molar-refractivity contribution is 5.23. The van der Waals surface area contributed by atoms with Crippen molar-refractivity contribution in [1.29, 1.82) is 0 Å². The molecule has 0 radical (unpaired) electrons. The van der Waals surface area contributed by atoms with Crippen LogP contribution in [-0.2, 0) is 0 Å². The van der Waals surface area contributed by atoms with Crippen molar-refractivity contribution in [3.63, 3.8) is 0 Å². The molecule has 1 heterocycles. The van der Waals surface area contributed by atoms with Gasteiger partial charge in [0.1, 0.15) is 0 Å². The standard InChI is InChI=1S/C12H19NO2/c1-2-3-4-5-9-11(15)10(14)8-13-12(9)6-7-12/h9-11,13-15H,2-3,6-8H2,1H3/t9-,10-,11-/m1/s1. The first-order valence-electron chi connectivity index (χ1n) is 5.79. The van der Waals surface area contributed by atoms with Gasteiger partial charge in [-0.2, -0.15) is 0 Å². The summed E-state index contributed by atoms with van der Waals surface area (Å²) >= 11 is 0. The van der Waals surface area contributed by atoms with E-state index in [9.17, 15) is 10.2 Å². The molecule has 3 heteroatoms. The van der Waals surface area contributed by atoms with Crippen LogP contribution in [0.4, 0.5) is 0 Å². The van der Waals surface area contributed by atoms with Crippen LogP contribution in [0.15, 0.2) is 0 Å². The first-order chi connectivity index (χ1) is 7.19. The fraction of sp³-hybridized carbons (Fsp3) is 0.833. The smallest absolute Gasteiger partial charge is 0.0966 e. The summed E-state index contributed by atoms with van der Waals surface area (Å²) in [5, 5.41) is 22.8. The normalized spacial score (nSPS) is 37.1. The van der Waals surface area contributed by atoms with Gasteiger partial charge < -0.3 is 15.5 Å². The summed E-state index contributed by atoms with van der Waals surface area (Å²) in [6.45, 7) is 2.58. The van der Waals surface area contributed by atoms with E-state index >= 15 is 0 Å². The minimum absolute atomic E-state index is 0.0133. The Morgan fingerprint density at radius 1 is 1.40 bits per heavy atom. The van der Waals surface area contributed by atoms with Gasteiger partial charge in [-0.15, -0.1) is 5.92 Å². The van der Waals surface area contributed by atoms with Gasteiger partial charge in [-0.1, -0.05) is 12.8 Å². The first-order valence-corrected chi connectivity index (χ1v) is 5.79. The lowest BCUT2D eigenvalue weighted by atomic mass is 9.84. The summed E-state index contributed by atoms with van der Waals surface area (Å²) in [6, 6.07) is 0. The van der Waals surface area contributed by atoms with Crippen LogP contribution < -0.4 is 5.32 Å². The zero-order valence-corrected chi connectivity index (χ0v) is 9.16. The molecule has 0 amide bonds. The molecule has 0 aromatic carbocycles. The molecule has 0 unspecified atom stereocenters. The number of piperidine rings is 1. The minimum Gasteiger partial charge on any atom is -0.389 e. The van der Waals surface area contributed by atoms with Gasteiger partial charge in [-0.25, -0.2) is 0 Å². The van der Waals surface area contributed by atoms with Gasteiger partial charge in [0.15, 0.2) is 0 Å². The molecular weight excluding hydrogens is 190 g/mol. The second-order valence-electron chi connectivity index (χ2n) is 4.64. The third-order valence-electron chi connectivity index (χ3n) is 3.42. The molecular formula is C12H19NO2. The molecule has 0 bridgehead atoms. The number of β-amino-alcohol motifs (C(OH)–C–C–N with tert-alkyl or cyclic N) is 1. The van der Waals surface area contributed by atoms with E-state index in [1.54, 1.807) is 0 Å². The van der Waals surface area contributed by atoms with Crippen molar-refractivity contribution in [2.75, 3.05) is 6.54 Å². The summed E-state index contributed by atoms with van der Waals surface area (Å²) < 4.78 is 0. The molecule has 2 rings (SSSR count). The highest BCUT2D eigenvalue weighted by Gasteiger charge is 2.55. The van der Waals surface area contributed by atoms with E-state index in [0.717, 1.165) is 25.7 Å². The Morgan fingerprint density at radius 3 is 2.73 bits per heavy atom. The molecule has 2 aliphatic rings. The van der Waals surface area contributed by atoms with Crippen LogP contribution >= 0.6 is 0 Å².